The molecule has 20 heavy (non-hydrogen) atoms. The lowest BCUT2D eigenvalue weighted by molar-refractivity contribution is 0.00483. The summed E-state index contributed by atoms with van der Waals surface area (Å²) >= 11 is 0. The smallest absolute Gasteiger partial charge is 0.0355 e. The second kappa shape index (κ2) is 6.76. The predicted octanol–water partition coefficient (Wildman–Crippen LogP) is 2.56. The number of nitrogens with two attached hydrogens (primary N) is 1. The standard InChI is InChI=1S/C17H35N3/c1-5-20-10-6-7-16(20)12-19(4)17(13-18)9-8-14(2)11-15(17)3/h14-16H,5-13,18H2,1-4H3. The Bertz CT molecular complexity index is 307. The van der Waals surface area contributed by atoms with Gasteiger partial charge in [0.05, 0.1) is 0 Å². The van der Waals surface area contributed by atoms with Crippen LogP contribution in [0, 0.1) is 11.8 Å². The van der Waals surface area contributed by atoms with Crippen molar-refractivity contribution >= 4 is 0 Å². The van der Waals surface area contributed by atoms with Crippen molar-refractivity contribution in [3.63, 3.8) is 0 Å². The van der Waals surface area contributed by atoms with Crippen LogP contribution >= 0.6 is 0 Å². The van der Waals surface area contributed by atoms with Gasteiger partial charge in [0.2, 0.25) is 0 Å². The molecule has 2 rings (SSSR count). The van der Waals surface area contributed by atoms with Crippen LogP contribution in [0.4, 0.5) is 0 Å². The Hall–Kier alpha value is -0.120. The largest absolute Gasteiger partial charge is 0.329 e. The van der Waals surface area contributed by atoms with E-state index in [0.717, 1.165) is 24.4 Å². The van der Waals surface area contributed by atoms with E-state index in [1.54, 1.807) is 0 Å². The van der Waals surface area contributed by atoms with Gasteiger partial charge < -0.3 is 5.73 Å². The van der Waals surface area contributed by atoms with Gasteiger partial charge in [-0.2, -0.15) is 0 Å². The van der Waals surface area contributed by atoms with Crippen LogP contribution in [-0.2, 0) is 0 Å². The van der Waals surface area contributed by atoms with Gasteiger partial charge in [-0.25, -0.2) is 0 Å². The van der Waals surface area contributed by atoms with Crippen molar-refractivity contribution in [2.75, 3.05) is 33.2 Å². The molecule has 0 spiro atoms. The van der Waals surface area contributed by atoms with Gasteiger partial charge in [0.1, 0.15) is 0 Å². The number of likely N-dealkylation sites (N-methyl/N-ethyl adjacent to an activating group) is 2. The zero-order valence-electron chi connectivity index (χ0n) is 14.1. The minimum absolute atomic E-state index is 0.245. The molecule has 3 nitrogen and oxygen atoms in total. The molecule has 1 saturated carbocycles. The fraction of sp³-hybridized carbons (Fsp3) is 1.00. The van der Waals surface area contributed by atoms with Crippen LogP contribution < -0.4 is 5.73 Å². The lowest BCUT2D eigenvalue weighted by atomic mass is 9.69. The molecule has 1 saturated heterocycles. The molecule has 4 atom stereocenters. The first kappa shape index (κ1) is 16.3. The Balaban J connectivity index is 2.03. The third-order valence-corrected chi connectivity index (χ3v) is 6.25. The van der Waals surface area contributed by atoms with Crippen LogP contribution in [0.1, 0.15) is 52.9 Å². The van der Waals surface area contributed by atoms with Crippen LogP contribution in [0.3, 0.4) is 0 Å². The summed E-state index contributed by atoms with van der Waals surface area (Å²) in [7, 11) is 2.32. The lowest BCUT2D eigenvalue weighted by Gasteiger charge is -2.51. The van der Waals surface area contributed by atoms with Crippen molar-refractivity contribution in [2.45, 2.75) is 64.5 Å². The first-order chi connectivity index (χ1) is 9.53. The summed E-state index contributed by atoms with van der Waals surface area (Å²) in [6.45, 7) is 11.6. The molecule has 3 heteroatoms. The van der Waals surface area contributed by atoms with Crippen molar-refractivity contribution in [1.82, 2.24) is 9.80 Å². The van der Waals surface area contributed by atoms with Crippen molar-refractivity contribution in [3.05, 3.63) is 0 Å². The molecule has 2 fully saturated rings. The summed E-state index contributed by atoms with van der Waals surface area (Å²) in [5.74, 6) is 1.59. The molecule has 0 bridgehead atoms. The van der Waals surface area contributed by atoms with E-state index in [9.17, 15) is 0 Å². The molecular formula is C17H35N3. The van der Waals surface area contributed by atoms with E-state index in [2.05, 4.69) is 37.6 Å². The molecule has 118 valence electrons. The van der Waals surface area contributed by atoms with Crippen molar-refractivity contribution < 1.29 is 0 Å². The Morgan fingerprint density at radius 3 is 2.65 bits per heavy atom. The summed E-state index contributed by atoms with van der Waals surface area (Å²) in [6, 6.07) is 0.750. The lowest BCUT2D eigenvalue weighted by Crippen LogP contribution is -2.60. The predicted molar refractivity (Wildman–Crippen MR) is 86.9 cm³/mol. The van der Waals surface area contributed by atoms with Gasteiger partial charge in [-0.1, -0.05) is 20.8 Å². The molecule has 0 radical (unpaired) electrons. The number of hydrogen-bond donors (Lipinski definition) is 1. The third-order valence-electron chi connectivity index (χ3n) is 6.25. The van der Waals surface area contributed by atoms with Gasteiger partial charge in [0.25, 0.3) is 0 Å². The average molecular weight is 281 g/mol. The Labute approximate surface area is 125 Å². The molecule has 2 aliphatic rings. The quantitative estimate of drug-likeness (QED) is 0.840. The second-order valence-corrected chi connectivity index (χ2v) is 7.39. The van der Waals surface area contributed by atoms with Gasteiger partial charge >= 0.3 is 0 Å². The zero-order chi connectivity index (χ0) is 14.8. The average Bonchev–Trinajstić information content (AvgIpc) is 2.86. The molecule has 1 heterocycles. The fourth-order valence-corrected chi connectivity index (χ4v) is 4.73. The van der Waals surface area contributed by atoms with E-state index < -0.39 is 0 Å². The van der Waals surface area contributed by atoms with E-state index in [1.807, 2.05) is 0 Å². The number of rotatable bonds is 5. The molecule has 1 aliphatic heterocycles. The highest BCUT2D eigenvalue weighted by Crippen LogP contribution is 2.40. The summed E-state index contributed by atoms with van der Waals surface area (Å²) in [6.07, 6.45) is 6.69. The maximum atomic E-state index is 6.26. The molecule has 0 aromatic heterocycles. The molecule has 0 aromatic carbocycles. The van der Waals surface area contributed by atoms with E-state index in [1.165, 1.54) is 51.7 Å². The van der Waals surface area contributed by atoms with Gasteiger partial charge in [0.15, 0.2) is 0 Å². The number of hydrogen-bond acceptors (Lipinski definition) is 3. The molecule has 1 aliphatic carbocycles. The van der Waals surface area contributed by atoms with E-state index in [0.29, 0.717) is 0 Å². The maximum absolute atomic E-state index is 6.26. The third kappa shape index (κ3) is 3.05. The first-order valence-electron chi connectivity index (χ1n) is 8.68. The zero-order valence-corrected chi connectivity index (χ0v) is 14.1. The minimum Gasteiger partial charge on any atom is -0.329 e. The highest BCUT2D eigenvalue weighted by Gasteiger charge is 2.43. The van der Waals surface area contributed by atoms with Crippen LogP contribution in [-0.4, -0.2) is 54.6 Å². The van der Waals surface area contributed by atoms with Gasteiger partial charge in [0, 0.05) is 24.7 Å². The Morgan fingerprint density at radius 2 is 2.05 bits per heavy atom. The maximum Gasteiger partial charge on any atom is 0.0355 e. The molecule has 0 amide bonds. The Morgan fingerprint density at radius 1 is 1.30 bits per heavy atom. The van der Waals surface area contributed by atoms with Gasteiger partial charge in [-0.15, -0.1) is 0 Å². The summed E-state index contributed by atoms with van der Waals surface area (Å²) in [4.78, 5) is 5.28. The van der Waals surface area contributed by atoms with Crippen molar-refractivity contribution in [3.8, 4) is 0 Å². The molecular weight excluding hydrogens is 246 g/mol. The van der Waals surface area contributed by atoms with Crippen LogP contribution in [0.15, 0.2) is 0 Å². The molecule has 2 N–H and O–H groups in total. The van der Waals surface area contributed by atoms with Crippen LogP contribution in [0.5, 0.6) is 0 Å². The van der Waals surface area contributed by atoms with Gasteiger partial charge in [-0.05, 0) is 64.1 Å². The molecule has 0 aromatic rings. The van der Waals surface area contributed by atoms with E-state index >= 15 is 0 Å². The van der Waals surface area contributed by atoms with Crippen LogP contribution in [0.25, 0.3) is 0 Å². The first-order valence-corrected chi connectivity index (χ1v) is 8.68. The SMILES string of the molecule is CCN1CCCC1CN(C)C1(CN)CCC(C)CC1C. The van der Waals surface area contributed by atoms with Gasteiger partial charge in [-0.3, -0.25) is 9.80 Å². The fourth-order valence-electron chi connectivity index (χ4n) is 4.73. The summed E-state index contributed by atoms with van der Waals surface area (Å²) in [5, 5.41) is 0. The number of likely N-dealkylation sites (tertiary alicyclic amines) is 1. The van der Waals surface area contributed by atoms with Crippen molar-refractivity contribution in [2.24, 2.45) is 17.6 Å². The second-order valence-electron chi connectivity index (χ2n) is 7.39. The topological polar surface area (TPSA) is 32.5 Å². The minimum atomic E-state index is 0.245. The van der Waals surface area contributed by atoms with E-state index in [4.69, 9.17) is 5.73 Å². The Kier molecular flexibility index (Phi) is 5.49. The van der Waals surface area contributed by atoms with E-state index in [-0.39, 0.29) is 5.54 Å². The number of nitrogens with zero attached hydrogens (tertiary/aromatic N) is 2. The summed E-state index contributed by atoms with van der Waals surface area (Å²) < 4.78 is 0. The highest BCUT2D eigenvalue weighted by atomic mass is 15.3. The van der Waals surface area contributed by atoms with Crippen molar-refractivity contribution in [1.29, 1.82) is 0 Å². The highest BCUT2D eigenvalue weighted by molar-refractivity contribution is 5.00. The van der Waals surface area contributed by atoms with Crippen LogP contribution in [0.2, 0.25) is 0 Å². The molecule has 4 unspecified atom stereocenters. The summed E-state index contributed by atoms with van der Waals surface area (Å²) in [5.41, 5.74) is 6.51. The normalized spacial score (nSPS) is 39.6. The monoisotopic (exact) mass is 281 g/mol.